The summed E-state index contributed by atoms with van der Waals surface area (Å²) in [6.07, 6.45) is 14.6. The molecule has 0 aromatic rings. The van der Waals surface area contributed by atoms with Gasteiger partial charge in [-0.1, -0.05) is 60.3 Å². The van der Waals surface area contributed by atoms with Crippen molar-refractivity contribution in [1.29, 1.82) is 0 Å². The van der Waals surface area contributed by atoms with E-state index < -0.39 is 12.2 Å². The zero-order valence-electron chi connectivity index (χ0n) is 18.6. The quantitative estimate of drug-likeness (QED) is 0.227. The summed E-state index contributed by atoms with van der Waals surface area (Å²) < 4.78 is 5.70. The van der Waals surface area contributed by atoms with Crippen LogP contribution in [0.1, 0.15) is 65.7 Å². The van der Waals surface area contributed by atoms with E-state index >= 15 is 0 Å². The topological polar surface area (TPSA) is 49.7 Å². The fraction of sp³-hybridized carbons (Fsp3) is 0.538. The summed E-state index contributed by atoms with van der Waals surface area (Å²) in [4.78, 5) is 0. The lowest BCUT2D eigenvalue weighted by Crippen LogP contribution is -2.24. The second-order valence-electron chi connectivity index (χ2n) is 8.34. The van der Waals surface area contributed by atoms with Crippen LogP contribution in [0.25, 0.3) is 0 Å². The molecule has 1 saturated heterocycles. The van der Waals surface area contributed by atoms with Crippen molar-refractivity contribution in [2.75, 3.05) is 0 Å². The van der Waals surface area contributed by atoms with Crippen LogP contribution in [0.5, 0.6) is 0 Å². The fourth-order valence-corrected chi connectivity index (χ4v) is 3.51. The van der Waals surface area contributed by atoms with Crippen molar-refractivity contribution in [3.05, 3.63) is 72.4 Å². The molecule has 0 radical (unpaired) electrons. The van der Waals surface area contributed by atoms with Crippen molar-refractivity contribution < 1.29 is 14.9 Å². The van der Waals surface area contributed by atoms with Crippen LogP contribution < -0.4 is 0 Å². The molecular weight excluding hydrogens is 360 g/mol. The lowest BCUT2D eigenvalue weighted by atomic mass is 9.96. The molecule has 0 spiro atoms. The molecule has 0 aromatic carbocycles. The van der Waals surface area contributed by atoms with E-state index in [1.807, 2.05) is 13.0 Å². The molecule has 1 heterocycles. The molecule has 1 rings (SSSR count). The number of hydrogen-bond donors (Lipinski definition) is 2. The summed E-state index contributed by atoms with van der Waals surface area (Å²) in [7, 11) is 0. The Bertz CT molecular complexity index is 638. The van der Waals surface area contributed by atoms with Crippen molar-refractivity contribution in [2.45, 2.75) is 90.1 Å². The van der Waals surface area contributed by atoms with Gasteiger partial charge in [0.25, 0.3) is 0 Å². The Balaban J connectivity index is 2.38. The lowest BCUT2D eigenvalue weighted by molar-refractivity contribution is 0.0134. The second-order valence-corrected chi connectivity index (χ2v) is 8.34. The van der Waals surface area contributed by atoms with E-state index in [1.165, 1.54) is 11.1 Å². The highest BCUT2D eigenvalue weighted by atomic mass is 16.5. The Kier molecular flexibility index (Phi) is 11.8. The molecule has 0 aromatic heterocycles. The van der Waals surface area contributed by atoms with Crippen LogP contribution >= 0.6 is 0 Å². The zero-order chi connectivity index (χ0) is 21.8. The lowest BCUT2D eigenvalue weighted by Gasteiger charge is -2.19. The number of ether oxygens (including phenoxy) is 1. The maximum atomic E-state index is 10.4. The molecular formula is C26H40O3. The number of unbranched alkanes of at least 4 members (excludes halogenated alkanes) is 1. The maximum absolute atomic E-state index is 10.4. The summed E-state index contributed by atoms with van der Waals surface area (Å²) in [6, 6.07) is 0. The van der Waals surface area contributed by atoms with Gasteiger partial charge in [-0.25, -0.2) is 0 Å². The van der Waals surface area contributed by atoms with Crippen molar-refractivity contribution >= 4 is 0 Å². The molecule has 29 heavy (non-hydrogen) atoms. The minimum Gasteiger partial charge on any atom is -0.390 e. The Morgan fingerprint density at radius 3 is 2.55 bits per heavy atom. The highest BCUT2D eigenvalue weighted by molar-refractivity contribution is 5.26. The van der Waals surface area contributed by atoms with Gasteiger partial charge >= 0.3 is 0 Å². The highest BCUT2D eigenvalue weighted by Gasteiger charge is 2.32. The van der Waals surface area contributed by atoms with Crippen LogP contribution in [0.2, 0.25) is 0 Å². The molecule has 1 aliphatic heterocycles. The molecule has 0 aliphatic carbocycles. The number of rotatable bonds is 13. The van der Waals surface area contributed by atoms with E-state index in [0.29, 0.717) is 19.3 Å². The van der Waals surface area contributed by atoms with Gasteiger partial charge in [-0.2, -0.15) is 0 Å². The van der Waals surface area contributed by atoms with E-state index in [9.17, 15) is 10.2 Å². The molecule has 3 heteroatoms. The van der Waals surface area contributed by atoms with E-state index in [1.54, 1.807) is 0 Å². The molecule has 3 nitrogen and oxygen atoms in total. The Morgan fingerprint density at radius 1 is 1.21 bits per heavy atom. The van der Waals surface area contributed by atoms with E-state index in [0.717, 1.165) is 36.8 Å². The van der Waals surface area contributed by atoms with Crippen molar-refractivity contribution in [3.8, 4) is 0 Å². The number of allylic oxidation sites excluding steroid dienone is 8. The minimum atomic E-state index is -0.583. The second kappa shape index (κ2) is 13.5. The number of hydrogen-bond acceptors (Lipinski definition) is 3. The third kappa shape index (κ3) is 10.6. The summed E-state index contributed by atoms with van der Waals surface area (Å²) in [5.41, 5.74) is 4.27. The Morgan fingerprint density at radius 2 is 1.93 bits per heavy atom. The van der Waals surface area contributed by atoms with Gasteiger partial charge in [0.2, 0.25) is 0 Å². The first-order valence-corrected chi connectivity index (χ1v) is 10.7. The maximum Gasteiger partial charge on any atom is 0.0876 e. The molecule has 4 unspecified atom stereocenters. The van der Waals surface area contributed by atoms with Crippen LogP contribution in [0.3, 0.4) is 0 Å². The molecule has 0 amide bonds. The predicted molar refractivity (Wildman–Crippen MR) is 124 cm³/mol. The normalized spacial score (nSPS) is 24.1. The molecule has 0 saturated carbocycles. The van der Waals surface area contributed by atoms with E-state index in [2.05, 4.69) is 57.9 Å². The van der Waals surface area contributed by atoms with Gasteiger partial charge in [0, 0.05) is 6.42 Å². The Labute approximate surface area is 177 Å². The summed E-state index contributed by atoms with van der Waals surface area (Å²) in [5.74, 6) is 0. The van der Waals surface area contributed by atoms with Crippen LogP contribution in [-0.2, 0) is 4.74 Å². The van der Waals surface area contributed by atoms with Gasteiger partial charge in [0.05, 0.1) is 24.4 Å². The highest BCUT2D eigenvalue weighted by Crippen LogP contribution is 2.27. The van der Waals surface area contributed by atoms with Gasteiger partial charge in [-0.05, 0) is 64.9 Å². The van der Waals surface area contributed by atoms with Crippen molar-refractivity contribution in [3.63, 3.8) is 0 Å². The van der Waals surface area contributed by atoms with E-state index in [4.69, 9.17) is 4.74 Å². The first-order valence-electron chi connectivity index (χ1n) is 10.7. The monoisotopic (exact) mass is 400 g/mol. The predicted octanol–water partition coefficient (Wildman–Crippen LogP) is 5.97. The molecule has 4 atom stereocenters. The molecule has 2 N–H and O–H groups in total. The average Bonchev–Trinajstić information content (AvgIpc) is 2.96. The minimum absolute atomic E-state index is 0.0660. The van der Waals surface area contributed by atoms with Gasteiger partial charge in [-0.15, -0.1) is 6.58 Å². The van der Waals surface area contributed by atoms with Crippen LogP contribution in [0.15, 0.2) is 72.4 Å². The summed E-state index contributed by atoms with van der Waals surface area (Å²) in [6.45, 7) is 18.0. The van der Waals surface area contributed by atoms with E-state index in [-0.39, 0.29) is 12.2 Å². The van der Waals surface area contributed by atoms with Crippen LogP contribution in [0, 0.1) is 0 Å². The van der Waals surface area contributed by atoms with Gasteiger partial charge in [0.15, 0.2) is 0 Å². The largest absolute Gasteiger partial charge is 0.390 e. The van der Waals surface area contributed by atoms with Crippen LogP contribution in [0.4, 0.5) is 0 Å². The Hall–Kier alpha value is -1.68. The standard InChI is InChI=1S/C26H40O3/c1-7-8-9-10-11-12-19(2)15-21(4)16-20(3)13-14-24(27)22(5)17-26-25(28)18-23(6)29-26/h7,10-12,16,23-28H,1,4-5,8-9,13-15,17-18H2,2-3,6H3. The summed E-state index contributed by atoms with van der Waals surface area (Å²) >= 11 is 0. The molecule has 1 aliphatic rings. The SMILES string of the molecule is C=CCCC=CC=C(C)CC(=C)C=C(C)CCC(O)C(=C)CC1OC(C)CC1O. The average molecular weight is 401 g/mol. The third-order valence-electron chi connectivity index (χ3n) is 5.17. The zero-order valence-corrected chi connectivity index (χ0v) is 18.6. The van der Waals surface area contributed by atoms with Crippen molar-refractivity contribution in [1.82, 2.24) is 0 Å². The molecule has 1 fully saturated rings. The molecule has 162 valence electrons. The number of aliphatic hydroxyl groups excluding tert-OH is 2. The summed E-state index contributed by atoms with van der Waals surface area (Å²) in [5, 5.41) is 20.4. The van der Waals surface area contributed by atoms with Gasteiger partial charge in [-0.3, -0.25) is 0 Å². The molecule has 0 bridgehead atoms. The first kappa shape index (κ1) is 25.4. The van der Waals surface area contributed by atoms with Gasteiger partial charge in [0.1, 0.15) is 0 Å². The van der Waals surface area contributed by atoms with Gasteiger partial charge < -0.3 is 14.9 Å². The third-order valence-corrected chi connectivity index (χ3v) is 5.17. The van der Waals surface area contributed by atoms with Crippen molar-refractivity contribution in [2.24, 2.45) is 0 Å². The smallest absolute Gasteiger partial charge is 0.0876 e. The fourth-order valence-electron chi connectivity index (χ4n) is 3.51. The number of aliphatic hydroxyl groups is 2. The first-order chi connectivity index (χ1) is 13.7. The van der Waals surface area contributed by atoms with Crippen LogP contribution in [-0.4, -0.2) is 34.6 Å².